The maximum Gasteiger partial charge on any atom is 0.248 e. The second-order valence-electron chi connectivity index (χ2n) is 3.72. The summed E-state index contributed by atoms with van der Waals surface area (Å²) in [5.41, 5.74) is 5.27. The van der Waals surface area contributed by atoms with Crippen molar-refractivity contribution in [1.82, 2.24) is 4.90 Å². The quantitative estimate of drug-likeness (QED) is 0.649. The van der Waals surface area contributed by atoms with Gasteiger partial charge in [0.15, 0.2) is 0 Å². The van der Waals surface area contributed by atoms with Crippen molar-refractivity contribution in [2.45, 2.75) is 19.4 Å². The molecule has 2 N–H and O–H groups in total. The Labute approximate surface area is 90.5 Å². The summed E-state index contributed by atoms with van der Waals surface area (Å²) < 4.78 is 10.6. The molecule has 0 spiro atoms. The zero-order chi connectivity index (χ0) is 11.1. The molecule has 1 aliphatic rings. The fourth-order valence-corrected chi connectivity index (χ4v) is 1.55. The van der Waals surface area contributed by atoms with E-state index in [9.17, 15) is 4.79 Å². The highest BCUT2D eigenvalue weighted by atomic mass is 16.5. The molecule has 15 heavy (non-hydrogen) atoms. The van der Waals surface area contributed by atoms with E-state index in [0.717, 1.165) is 19.6 Å². The first-order valence-corrected chi connectivity index (χ1v) is 5.41. The lowest BCUT2D eigenvalue weighted by atomic mass is 10.3. The van der Waals surface area contributed by atoms with Gasteiger partial charge in [-0.2, -0.15) is 0 Å². The molecule has 1 unspecified atom stereocenters. The van der Waals surface area contributed by atoms with E-state index in [0.29, 0.717) is 19.7 Å². The summed E-state index contributed by atoms with van der Waals surface area (Å²) in [6.07, 6.45) is 1.01. The highest BCUT2D eigenvalue weighted by molar-refractivity contribution is 5.77. The summed E-state index contributed by atoms with van der Waals surface area (Å²) in [6, 6.07) is 0. The molecule has 5 nitrogen and oxygen atoms in total. The number of nitrogens with two attached hydrogens (primary N) is 1. The lowest BCUT2D eigenvalue weighted by molar-refractivity contribution is -0.136. The second-order valence-corrected chi connectivity index (χ2v) is 3.72. The molecular formula is C10H20N2O3. The van der Waals surface area contributed by atoms with Gasteiger partial charge >= 0.3 is 0 Å². The molecule has 0 radical (unpaired) electrons. The number of carbonyl (C=O) groups is 1. The minimum atomic E-state index is 0.0285. The predicted molar refractivity (Wildman–Crippen MR) is 56.5 cm³/mol. The van der Waals surface area contributed by atoms with Crippen molar-refractivity contribution in [2.75, 3.05) is 39.5 Å². The predicted octanol–water partition coefficient (Wildman–Crippen LogP) is -0.401. The largest absolute Gasteiger partial charge is 0.377 e. The van der Waals surface area contributed by atoms with Gasteiger partial charge in [0.1, 0.15) is 6.61 Å². The first kappa shape index (κ1) is 12.4. The van der Waals surface area contributed by atoms with Gasteiger partial charge in [-0.15, -0.1) is 0 Å². The molecule has 1 atom stereocenters. The normalized spacial score (nSPS) is 22.5. The van der Waals surface area contributed by atoms with Gasteiger partial charge in [-0.1, -0.05) is 0 Å². The van der Waals surface area contributed by atoms with Crippen molar-refractivity contribution < 1.29 is 14.3 Å². The maximum atomic E-state index is 11.7. The summed E-state index contributed by atoms with van der Waals surface area (Å²) in [6.45, 7) is 5.14. The molecule has 0 aromatic carbocycles. The Bertz CT molecular complexity index is 199. The third-order valence-corrected chi connectivity index (χ3v) is 2.29. The minimum absolute atomic E-state index is 0.0285. The van der Waals surface area contributed by atoms with E-state index in [2.05, 4.69) is 0 Å². The van der Waals surface area contributed by atoms with E-state index < -0.39 is 0 Å². The summed E-state index contributed by atoms with van der Waals surface area (Å²) in [4.78, 5) is 13.5. The number of nitrogens with zero attached hydrogens (tertiary/aromatic N) is 1. The standard InChI is InChI=1S/C10H20N2O3/c1-9-7-12(4-2-5-15-9)10(13)8-14-6-3-11/h9H,2-8,11H2,1H3. The molecule has 1 fully saturated rings. The van der Waals surface area contributed by atoms with Crippen molar-refractivity contribution in [3.05, 3.63) is 0 Å². The third-order valence-electron chi connectivity index (χ3n) is 2.29. The maximum absolute atomic E-state index is 11.7. The molecule has 5 heteroatoms. The van der Waals surface area contributed by atoms with Gasteiger partial charge in [-0.05, 0) is 13.3 Å². The molecule has 1 heterocycles. The number of carbonyl (C=O) groups excluding carboxylic acids is 1. The second kappa shape index (κ2) is 6.76. The molecule has 88 valence electrons. The Morgan fingerprint density at radius 3 is 3.20 bits per heavy atom. The smallest absolute Gasteiger partial charge is 0.248 e. The highest BCUT2D eigenvalue weighted by Gasteiger charge is 2.19. The van der Waals surface area contributed by atoms with E-state index in [1.165, 1.54) is 0 Å². The summed E-state index contributed by atoms with van der Waals surface area (Å²) in [5, 5.41) is 0. The highest BCUT2D eigenvalue weighted by Crippen LogP contribution is 2.05. The van der Waals surface area contributed by atoms with Crippen LogP contribution in [0.4, 0.5) is 0 Å². The Morgan fingerprint density at radius 1 is 1.67 bits per heavy atom. The van der Waals surface area contributed by atoms with Crippen LogP contribution in [0.2, 0.25) is 0 Å². The Kier molecular flexibility index (Phi) is 5.60. The molecule has 1 aliphatic heterocycles. The topological polar surface area (TPSA) is 64.8 Å². The van der Waals surface area contributed by atoms with Crippen molar-refractivity contribution in [3.8, 4) is 0 Å². The molecule has 0 aliphatic carbocycles. The van der Waals surface area contributed by atoms with Gasteiger partial charge in [0.05, 0.1) is 12.7 Å². The van der Waals surface area contributed by atoms with Crippen LogP contribution in [0.3, 0.4) is 0 Å². The summed E-state index contributed by atoms with van der Waals surface area (Å²) in [5.74, 6) is 0.0285. The van der Waals surface area contributed by atoms with Crippen molar-refractivity contribution >= 4 is 5.91 Å². The van der Waals surface area contributed by atoms with E-state index in [-0.39, 0.29) is 18.6 Å². The van der Waals surface area contributed by atoms with E-state index >= 15 is 0 Å². The number of hydrogen-bond acceptors (Lipinski definition) is 4. The third kappa shape index (κ3) is 4.59. The molecule has 1 amide bonds. The van der Waals surface area contributed by atoms with E-state index in [1.807, 2.05) is 6.92 Å². The lowest BCUT2D eigenvalue weighted by Gasteiger charge is -2.21. The molecular weight excluding hydrogens is 196 g/mol. The van der Waals surface area contributed by atoms with Crippen LogP contribution in [0.15, 0.2) is 0 Å². The Hall–Kier alpha value is -0.650. The average molecular weight is 216 g/mol. The van der Waals surface area contributed by atoms with E-state index in [1.54, 1.807) is 4.90 Å². The Balaban J connectivity index is 2.29. The molecule has 0 aromatic rings. The first-order chi connectivity index (χ1) is 7.24. The van der Waals surface area contributed by atoms with Gasteiger partial charge in [0, 0.05) is 26.2 Å². The number of rotatable bonds is 4. The molecule has 0 aromatic heterocycles. The minimum Gasteiger partial charge on any atom is -0.377 e. The Morgan fingerprint density at radius 2 is 2.47 bits per heavy atom. The fourth-order valence-electron chi connectivity index (χ4n) is 1.55. The van der Waals surface area contributed by atoms with Crippen LogP contribution in [-0.2, 0) is 14.3 Å². The van der Waals surface area contributed by atoms with Gasteiger partial charge in [0.2, 0.25) is 5.91 Å². The summed E-state index contributed by atoms with van der Waals surface area (Å²) >= 11 is 0. The van der Waals surface area contributed by atoms with Gasteiger partial charge in [-0.25, -0.2) is 0 Å². The van der Waals surface area contributed by atoms with Crippen molar-refractivity contribution in [2.24, 2.45) is 5.73 Å². The van der Waals surface area contributed by atoms with Gasteiger partial charge in [-0.3, -0.25) is 4.79 Å². The van der Waals surface area contributed by atoms with Crippen molar-refractivity contribution in [1.29, 1.82) is 0 Å². The molecule has 1 rings (SSSR count). The SMILES string of the molecule is CC1CN(C(=O)COCCN)CCCO1. The number of ether oxygens (including phenoxy) is 2. The van der Waals surface area contributed by atoms with Gasteiger partial charge in [0.25, 0.3) is 0 Å². The van der Waals surface area contributed by atoms with Crippen LogP contribution < -0.4 is 5.73 Å². The molecule has 0 bridgehead atoms. The lowest BCUT2D eigenvalue weighted by Crippen LogP contribution is -2.38. The van der Waals surface area contributed by atoms with Crippen LogP contribution in [0.1, 0.15) is 13.3 Å². The molecule has 0 saturated carbocycles. The fraction of sp³-hybridized carbons (Fsp3) is 0.900. The van der Waals surface area contributed by atoms with Crippen molar-refractivity contribution in [3.63, 3.8) is 0 Å². The van der Waals surface area contributed by atoms with Crippen LogP contribution >= 0.6 is 0 Å². The first-order valence-electron chi connectivity index (χ1n) is 5.41. The monoisotopic (exact) mass is 216 g/mol. The van der Waals surface area contributed by atoms with Crippen LogP contribution in [0.25, 0.3) is 0 Å². The van der Waals surface area contributed by atoms with Gasteiger partial charge < -0.3 is 20.1 Å². The average Bonchev–Trinajstić information content (AvgIpc) is 2.43. The zero-order valence-electron chi connectivity index (χ0n) is 9.28. The van der Waals surface area contributed by atoms with Crippen LogP contribution in [0.5, 0.6) is 0 Å². The zero-order valence-corrected chi connectivity index (χ0v) is 9.28. The van der Waals surface area contributed by atoms with E-state index in [4.69, 9.17) is 15.2 Å². The summed E-state index contributed by atoms with van der Waals surface area (Å²) in [7, 11) is 0. The van der Waals surface area contributed by atoms with Crippen LogP contribution in [0, 0.1) is 0 Å². The number of hydrogen-bond donors (Lipinski definition) is 1. The molecule has 1 saturated heterocycles. The van der Waals surface area contributed by atoms with Crippen LogP contribution in [-0.4, -0.2) is 56.4 Å². The number of amides is 1.